The molecule has 0 aliphatic rings. The van der Waals surface area contributed by atoms with Crippen LogP contribution < -0.4 is 4.74 Å². The molecule has 4 heteroatoms. The van der Waals surface area contributed by atoms with Crippen molar-refractivity contribution in [2.45, 2.75) is 0 Å². The number of halogens is 2. The minimum absolute atomic E-state index is 0.265. The van der Waals surface area contributed by atoms with Gasteiger partial charge in [0.2, 0.25) is 0 Å². The van der Waals surface area contributed by atoms with Gasteiger partial charge in [-0.1, -0.05) is 0 Å². The van der Waals surface area contributed by atoms with Gasteiger partial charge in [0.15, 0.2) is 0 Å². The minimum atomic E-state index is -0.265. The molecule has 0 bridgehead atoms. The normalized spacial score (nSPS) is 9.24. The van der Waals surface area contributed by atoms with E-state index in [0.29, 0.717) is 5.75 Å². The van der Waals surface area contributed by atoms with Crippen molar-refractivity contribution in [3.8, 4) is 16.9 Å². The molecule has 2 aromatic carbocycles. The molecule has 84 valence electrons. The average molecular weight is 347 g/mol. The first-order valence-corrected chi connectivity index (χ1v) is 11.8. The van der Waals surface area contributed by atoms with Crippen LogP contribution in [-0.4, -0.2) is 7.11 Å². The number of hydrogen-bond acceptors (Lipinski definition) is 1. The van der Waals surface area contributed by atoms with E-state index in [1.54, 1.807) is 25.3 Å². The van der Waals surface area contributed by atoms with Crippen molar-refractivity contribution in [1.82, 2.24) is 0 Å². The van der Waals surface area contributed by atoms with Crippen LogP contribution in [0.25, 0.3) is 11.1 Å². The van der Waals surface area contributed by atoms with Crippen LogP contribution in [-0.2, 0) is 16.3 Å². The Labute approximate surface area is 117 Å². The van der Waals surface area contributed by atoms with E-state index < -0.39 is 0 Å². The molecule has 0 spiro atoms. The SMILES string of the molecule is COc1ccc(F)cc1-c1cc[c-]cc1.[Zn+][Br]. The molecule has 2 aromatic rings. The zero-order valence-electron chi connectivity index (χ0n) is 9.41. The van der Waals surface area contributed by atoms with Gasteiger partial charge in [0.1, 0.15) is 11.6 Å². The average Bonchev–Trinajstić information content (AvgIpc) is 2.42. The summed E-state index contributed by atoms with van der Waals surface area (Å²) in [5.41, 5.74) is 1.68. The molecular weight excluding hydrogens is 336 g/mol. The van der Waals surface area contributed by atoms with Gasteiger partial charge >= 0.3 is 30.0 Å². The van der Waals surface area contributed by atoms with Gasteiger partial charge in [0, 0.05) is 5.56 Å². The maximum absolute atomic E-state index is 13.1. The summed E-state index contributed by atoms with van der Waals surface area (Å²) in [5, 5.41) is 0. The van der Waals surface area contributed by atoms with Crippen molar-refractivity contribution in [1.29, 1.82) is 0 Å². The molecule has 0 saturated heterocycles. The second kappa shape index (κ2) is 7.57. The van der Waals surface area contributed by atoms with Gasteiger partial charge in [-0.25, -0.2) is 4.39 Å². The molecule has 0 fully saturated rings. The van der Waals surface area contributed by atoms with Gasteiger partial charge in [0.25, 0.3) is 0 Å². The summed E-state index contributed by atoms with van der Waals surface area (Å²) in [6.07, 6.45) is 0. The van der Waals surface area contributed by atoms with Crippen LogP contribution in [0.5, 0.6) is 5.75 Å². The van der Waals surface area contributed by atoms with E-state index in [0.717, 1.165) is 11.1 Å². The Balaban J connectivity index is 0.000000686. The summed E-state index contributed by atoms with van der Waals surface area (Å²) in [7, 11) is 1.58. The zero-order valence-corrected chi connectivity index (χ0v) is 14.0. The first kappa shape index (κ1) is 14.3. The maximum atomic E-state index is 13.1. The molecule has 0 atom stereocenters. The molecule has 0 heterocycles. The first-order valence-electron chi connectivity index (χ1n) is 4.88. The Morgan fingerprint density at radius 2 is 1.82 bits per heavy atom. The molecule has 0 saturated carbocycles. The number of rotatable bonds is 2. The van der Waals surface area contributed by atoms with Crippen molar-refractivity contribution in [2.24, 2.45) is 0 Å². The predicted molar refractivity (Wildman–Crippen MR) is 66.2 cm³/mol. The van der Waals surface area contributed by atoms with Crippen molar-refractivity contribution in [2.75, 3.05) is 7.11 Å². The Hall–Kier alpha value is -0.727. The van der Waals surface area contributed by atoms with Gasteiger partial charge in [-0.05, 0) is 18.2 Å². The van der Waals surface area contributed by atoms with Gasteiger partial charge in [-0.3, -0.25) is 0 Å². The molecule has 1 nitrogen and oxygen atoms in total. The summed E-state index contributed by atoms with van der Waals surface area (Å²) in [6.45, 7) is 0. The summed E-state index contributed by atoms with van der Waals surface area (Å²) < 4.78 is 18.3. The molecular formula is C13H10BrFOZn. The van der Waals surface area contributed by atoms with E-state index >= 15 is 0 Å². The van der Waals surface area contributed by atoms with Crippen LogP contribution in [0.1, 0.15) is 0 Å². The van der Waals surface area contributed by atoms with Gasteiger partial charge < -0.3 is 4.74 Å². The van der Waals surface area contributed by atoms with Gasteiger partial charge in [-0.15, -0.1) is 5.56 Å². The fraction of sp³-hybridized carbons (Fsp3) is 0.0769. The summed E-state index contributed by atoms with van der Waals surface area (Å²) in [4.78, 5) is 0. The van der Waals surface area contributed by atoms with Crippen LogP contribution in [0.4, 0.5) is 4.39 Å². The molecule has 2 rings (SSSR count). The van der Waals surface area contributed by atoms with E-state index in [-0.39, 0.29) is 5.82 Å². The van der Waals surface area contributed by atoms with Crippen molar-refractivity contribution >= 4 is 13.6 Å². The van der Waals surface area contributed by atoms with Crippen molar-refractivity contribution in [3.63, 3.8) is 0 Å². The van der Waals surface area contributed by atoms with E-state index in [2.05, 4.69) is 19.7 Å². The Morgan fingerprint density at radius 1 is 1.18 bits per heavy atom. The van der Waals surface area contributed by atoms with Crippen LogP contribution in [0.2, 0.25) is 0 Å². The van der Waals surface area contributed by atoms with E-state index in [9.17, 15) is 4.39 Å². The Morgan fingerprint density at radius 3 is 2.41 bits per heavy atom. The van der Waals surface area contributed by atoms with Gasteiger partial charge in [-0.2, -0.15) is 30.3 Å². The number of ether oxygens (including phenoxy) is 1. The fourth-order valence-electron chi connectivity index (χ4n) is 1.47. The third-order valence-corrected chi connectivity index (χ3v) is 2.19. The summed E-state index contributed by atoms with van der Waals surface area (Å²) in [5.74, 6) is 0.404. The summed E-state index contributed by atoms with van der Waals surface area (Å²) >= 11 is 4.25. The van der Waals surface area contributed by atoms with Crippen molar-refractivity contribution < 1.29 is 25.5 Å². The molecule has 0 aliphatic carbocycles. The Bertz CT molecular complexity index is 462. The van der Waals surface area contributed by atoms with Crippen LogP contribution in [0, 0.1) is 11.9 Å². The molecule has 0 aliphatic heterocycles. The standard InChI is InChI=1S/C13H10FO.BrH.Zn/c1-15-13-8-7-11(14)9-12(13)10-5-3-2-4-6-10;;/h3-9H,1H3;1H;/q-1;;+2/p-1. The second-order valence-electron chi connectivity index (χ2n) is 3.13. The topological polar surface area (TPSA) is 9.23 Å². The zero-order chi connectivity index (χ0) is 12.7. The Kier molecular flexibility index (Phi) is 6.38. The quantitative estimate of drug-likeness (QED) is 0.586. The molecule has 0 aromatic heterocycles. The third-order valence-electron chi connectivity index (χ3n) is 2.19. The number of benzene rings is 2. The molecule has 0 radical (unpaired) electrons. The molecule has 0 unspecified atom stereocenters. The molecule has 0 amide bonds. The van der Waals surface area contributed by atoms with Crippen LogP contribution in [0.15, 0.2) is 42.5 Å². The van der Waals surface area contributed by atoms with E-state index in [1.165, 1.54) is 28.5 Å². The summed E-state index contributed by atoms with van der Waals surface area (Å²) in [6, 6.07) is 14.7. The number of hydrogen-bond donors (Lipinski definition) is 0. The van der Waals surface area contributed by atoms with Crippen LogP contribution in [0.3, 0.4) is 0 Å². The van der Waals surface area contributed by atoms with E-state index in [4.69, 9.17) is 4.74 Å². The monoisotopic (exact) mass is 344 g/mol. The van der Waals surface area contributed by atoms with E-state index in [1.807, 2.05) is 12.1 Å². The van der Waals surface area contributed by atoms with Gasteiger partial charge in [0.05, 0.1) is 7.11 Å². The molecule has 17 heavy (non-hydrogen) atoms. The second-order valence-corrected chi connectivity index (χ2v) is 3.13. The van der Waals surface area contributed by atoms with Crippen molar-refractivity contribution in [3.05, 3.63) is 54.3 Å². The van der Waals surface area contributed by atoms with Crippen LogP contribution >= 0.6 is 13.6 Å². The fourth-order valence-corrected chi connectivity index (χ4v) is 1.47. The third kappa shape index (κ3) is 3.90. The number of methoxy groups -OCH3 is 1. The molecule has 0 N–H and O–H groups in total. The predicted octanol–water partition coefficient (Wildman–Crippen LogP) is 4.14. The first-order chi connectivity index (χ1) is 8.31.